The minimum atomic E-state index is -0.185. The molecular formula is C24H22N2O2. The number of carbonyl (C=O) groups is 2. The molecule has 1 saturated heterocycles. The number of nitrogens with zero attached hydrogens (tertiary/aromatic N) is 1. The van der Waals surface area contributed by atoms with Gasteiger partial charge in [-0.25, -0.2) is 0 Å². The fourth-order valence-electron chi connectivity index (χ4n) is 3.49. The maximum atomic E-state index is 12.6. The van der Waals surface area contributed by atoms with E-state index in [0.29, 0.717) is 18.5 Å². The summed E-state index contributed by atoms with van der Waals surface area (Å²) in [5.41, 5.74) is 4.81. The van der Waals surface area contributed by atoms with Gasteiger partial charge in [-0.15, -0.1) is 0 Å². The van der Waals surface area contributed by atoms with E-state index in [0.717, 1.165) is 22.4 Å². The van der Waals surface area contributed by atoms with Crippen molar-refractivity contribution in [2.45, 2.75) is 19.4 Å². The molecule has 1 atom stereocenters. The number of carbonyl (C=O) groups excluding carboxylic acids is 2. The topological polar surface area (TPSA) is 49.4 Å². The smallest absolute Gasteiger partial charge is 0.251 e. The molecule has 1 heterocycles. The lowest BCUT2D eigenvalue weighted by Crippen LogP contribution is -2.37. The Bertz CT molecular complexity index is 979. The first-order valence-corrected chi connectivity index (χ1v) is 9.43. The van der Waals surface area contributed by atoms with Crippen LogP contribution in [0.1, 0.15) is 22.3 Å². The van der Waals surface area contributed by atoms with E-state index < -0.39 is 0 Å². The first-order chi connectivity index (χ1) is 13.6. The number of hydrogen-bond donors (Lipinski definition) is 1. The van der Waals surface area contributed by atoms with Gasteiger partial charge in [0.25, 0.3) is 5.91 Å². The minimum absolute atomic E-state index is 0.0357. The molecule has 28 heavy (non-hydrogen) atoms. The summed E-state index contributed by atoms with van der Waals surface area (Å²) >= 11 is 0. The summed E-state index contributed by atoms with van der Waals surface area (Å²) in [7, 11) is 0. The molecule has 1 N–H and O–H groups in total. The van der Waals surface area contributed by atoms with E-state index in [2.05, 4.69) is 5.32 Å². The number of amides is 2. The van der Waals surface area contributed by atoms with Gasteiger partial charge in [0.05, 0.1) is 6.04 Å². The first kappa shape index (κ1) is 18.0. The standard InChI is InChI=1S/C24H22N2O2/c1-17-7-13-22(14-8-17)26-16-21(15-23(26)27)25-24(28)20-11-9-19(10-12-20)18-5-3-2-4-6-18/h2-14,21H,15-16H2,1H3,(H,25,28)/t21-/m1/s1. The van der Waals surface area contributed by atoms with Crippen LogP contribution in [0.25, 0.3) is 11.1 Å². The lowest BCUT2D eigenvalue weighted by Gasteiger charge is -2.17. The van der Waals surface area contributed by atoms with E-state index in [-0.39, 0.29) is 17.9 Å². The van der Waals surface area contributed by atoms with Crippen molar-refractivity contribution in [3.8, 4) is 11.1 Å². The summed E-state index contributed by atoms with van der Waals surface area (Å²) in [6.45, 7) is 2.51. The van der Waals surface area contributed by atoms with Crippen molar-refractivity contribution < 1.29 is 9.59 Å². The highest BCUT2D eigenvalue weighted by atomic mass is 16.2. The number of hydrogen-bond acceptors (Lipinski definition) is 2. The second-order valence-electron chi connectivity index (χ2n) is 7.16. The third-order valence-electron chi connectivity index (χ3n) is 5.06. The number of anilines is 1. The van der Waals surface area contributed by atoms with Crippen LogP contribution in [0.3, 0.4) is 0 Å². The molecular weight excluding hydrogens is 348 g/mol. The Morgan fingerprint density at radius 3 is 2.21 bits per heavy atom. The Morgan fingerprint density at radius 2 is 1.54 bits per heavy atom. The van der Waals surface area contributed by atoms with Gasteiger partial charge in [0.1, 0.15) is 0 Å². The van der Waals surface area contributed by atoms with Crippen LogP contribution in [0.4, 0.5) is 5.69 Å². The second kappa shape index (κ2) is 7.69. The average Bonchev–Trinajstić information content (AvgIpc) is 3.09. The van der Waals surface area contributed by atoms with Crippen molar-refractivity contribution >= 4 is 17.5 Å². The molecule has 0 aliphatic carbocycles. The molecule has 4 rings (SSSR count). The van der Waals surface area contributed by atoms with E-state index in [9.17, 15) is 9.59 Å². The number of nitrogens with one attached hydrogen (secondary N) is 1. The van der Waals surface area contributed by atoms with E-state index in [1.54, 1.807) is 4.90 Å². The van der Waals surface area contributed by atoms with Gasteiger partial charge in [0.15, 0.2) is 0 Å². The van der Waals surface area contributed by atoms with Crippen LogP contribution in [-0.4, -0.2) is 24.4 Å². The zero-order chi connectivity index (χ0) is 19.5. The Balaban J connectivity index is 1.41. The van der Waals surface area contributed by atoms with Gasteiger partial charge >= 0.3 is 0 Å². The van der Waals surface area contributed by atoms with Crippen LogP contribution in [-0.2, 0) is 4.79 Å². The summed E-state index contributed by atoms with van der Waals surface area (Å²) in [5, 5.41) is 2.99. The fraction of sp³-hybridized carbons (Fsp3) is 0.167. The largest absolute Gasteiger partial charge is 0.347 e. The van der Waals surface area contributed by atoms with Crippen molar-refractivity contribution in [2.75, 3.05) is 11.4 Å². The molecule has 0 saturated carbocycles. The summed E-state index contributed by atoms with van der Waals surface area (Å²) in [6, 6.07) is 25.3. The predicted molar refractivity (Wildman–Crippen MR) is 111 cm³/mol. The van der Waals surface area contributed by atoms with E-state index >= 15 is 0 Å². The summed E-state index contributed by atoms with van der Waals surface area (Å²) in [5.74, 6) is -0.114. The van der Waals surface area contributed by atoms with Crippen LogP contribution in [0.15, 0.2) is 78.9 Å². The zero-order valence-corrected chi connectivity index (χ0v) is 15.8. The van der Waals surface area contributed by atoms with Crippen LogP contribution < -0.4 is 10.2 Å². The highest BCUT2D eigenvalue weighted by Gasteiger charge is 2.31. The molecule has 0 unspecified atom stereocenters. The van der Waals surface area contributed by atoms with Gasteiger partial charge in [-0.1, -0.05) is 60.2 Å². The molecule has 4 nitrogen and oxygen atoms in total. The van der Waals surface area contributed by atoms with Crippen LogP contribution in [0, 0.1) is 6.92 Å². The lowest BCUT2D eigenvalue weighted by atomic mass is 10.0. The quantitative estimate of drug-likeness (QED) is 0.748. The fourth-order valence-corrected chi connectivity index (χ4v) is 3.49. The van der Waals surface area contributed by atoms with Crippen LogP contribution in [0.5, 0.6) is 0 Å². The molecule has 1 aliphatic heterocycles. The number of rotatable bonds is 4. The molecule has 0 aromatic heterocycles. The predicted octanol–water partition coefficient (Wildman–Crippen LogP) is 4.20. The Hall–Kier alpha value is -3.40. The van der Waals surface area contributed by atoms with Gasteiger partial charge in [-0.05, 0) is 42.3 Å². The number of benzene rings is 3. The monoisotopic (exact) mass is 370 g/mol. The van der Waals surface area contributed by atoms with Crippen molar-refractivity contribution in [1.82, 2.24) is 5.32 Å². The maximum Gasteiger partial charge on any atom is 0.251 e. The summed E-state index contributed by atoms with van der Waals surface area (Å²) in [4.78, 5) is 26.7. The lowest BCUT2D eigenvalue weighted by molar-refractivity contribution is -0.117. The minimum Gasteiger partial charge on any atom is -0.347 e. The zero-order valence-electron chi connectivity index (χ0n) is 15.8. The molecule has 3 aromatic rings. The van der Waals surface area contributed by atoms with Crippen molar-refractivity contribution in [1.29, 1.82) is 0 Å². The Labute approximate surface area is 164 Å². The average molecular weight is 370 g/mol. The molecule has 1 aliphatic rings. The highest BCUT2D eigenvalue weighted by Crippen LogP contribution is 2.23. The Morgan fingerprint density at radius 1 is 0.893 bits per heavy atom. The molecule has 140 valence electrons. The normalized spacial score (nSPS) is 16.2. The van der Waals surface area contributed by atoms with Gasteiger partial charge in [0, 0.05) is 24.2 Å². The SMILES string of the molecule is Cc1ccc(N2C[C@H](NC(=O)c3ccc(-c4ccccc4)cc3)CC2=O)cc1. The third kappa shape index (κ3) is 3.81. The molecule has 1 fully saturated rings. The van der Waals surface area contributed by atoms with E-state index in [1.807, 2.05) is 85.8 Å². The third-order valence-corrected chi connectivity index (χ3v) is 5.06. The first-order valence-electron chi connectivity index (χ1n) is 9.43. The highest BCUT2D eigenvalue weighted by molar-refractivity contribution is 5.99. The van der Waals surface area contributed by atoms with Gasteiger partial charge < -0.3 is 10.2 Å². The molecule has 0 radical (unpaired) electrons. The number of aryl methyl sites for hydroxylation is 1. The summed E-state index contributed by atoms with van der Waals surface area (Å²) in [6.07, 6.45) is 0.321. The summed E-state index contributed by atoms with van der Waals surface area (Å²) < 4.78 is 0. The van der Waals surface area contributed by atoms with Crippen molar-refractivity contribution in [2.24, 2.45) is 0 Å². The van der Waals surface area contributed by atoms with E-state index in [4.69, 9.17) is 0 Å². The molecule has 3 aromatic carbocycles. The van der Waals surface area contributed by atoms with Crippen molar-refractivity contribution in [3.63, 3.8) is 0 Å². The second-order valence-corrected chi connectivity index (χ2v) is 7.16. The molecule has 0 bridgehead atoms. The molecule has 4 heteroatoms. The van der Waals surface area contributed by atoms with Crippen LogP contribution >= 0.6 is 0 Å². The molecule has 0 spiro atoms. The van der Waals surface area contributed by atoms with E-state index in [1.165, 1.54) is 0 Å². The molecule has 2 amide bonds. The van der Waals surface area contributed by atoms with Crippen molar-refractivity contribution in [3.05, 3.63) is 90.0 Å². The van der Waals surface area contributed by atoms with Crippen LogP contribution in [0.2, 0.25) is 0 Å². The Kier molecular flexibility index (Phi) is 4.94. The maximum absolute atomic E-state index is 12.6. The van der Waals surface area contributed by atoms with Gasteiger partial charge in [0.2, 0.25) is 5.91 Å². The van der Waals surface area contributed by atoms with Gasteiger partial charge in [-0.2, -0.15) is 0 Å². The van der Waals surface area contributed by atoms with Gasteiger partial charge in [-0.3, -0.25) is 9.59 Å².